The van der Waals surface area contributed by atoms with Crippen LogP contribution in [-0.2, 0) is 31.6 Å². The van der Waals surface area contributed by atoms with Crippen LogP contribution in [0.5, 0.6) is 0 Å². The van der Waals surface area contributed by atoms with Crippen LogP contribution in [0.25, 0.3) is 0 Å². The van der Waals surface area contributed by atoms with Gasteiger partial charge in [-0.2, -0.15) is 0 Å². The van der Waals surface area contributed by atoms with Gasteiger partial charge in [-0.05, 0) is 54.4 Å². The summed E-state index contributed by atoms with van der Waals surface area (Å²) in [6.07, 6.45) is 3.45. The summed E-state index contributed by atoms with van der Waals surface area (Å²) in [7, 11) is -6.96. The number of unbranched alkanes of at least 4 members (excludes halogenated alkanes) is 1. The monoisotopic (exact) mass is 678 g/mol. The largest absolute Gasteiger partial charge is 0.481 e. The van der Waals surface area contributed by atoms with Crippen molar-refractivity contribution in [2.75, 3.05) is 24.6 Å². The Labute approximate surface area is 277 Å². The van der Waals surface area contributed by atoms with E-state index >= 15 is 0 Å². The van der Waals surface area contributed by atoms with Crippen molar-refractivity contribution in [2.24, 2.45) is 0 Å². The molecule has 250 valence electrons. The zero-order valence-corrected chi connectivity index (χ0v) is 28.2. The zero-order valence-electron chi connectivity index (χ0n) is 26.4. The van der Waals surface area contributed by atoms with Crippen molar-refractivity contribution in [3.8, 4) is 0 Å². The molecule has 0 bridgehead atoms. The first kappa shape index (κ1) is 37.7. The first-order valence-corrected chi connectivity index (χ1v) is 19.8. The SMILES string of the molecule is O=C(O)C(CP(=O)(O)CCCCc1ccccc1)c1ccccc1.O=C(O)C(CP(=O)(O)CCCc1ccccc1)c1ccccc1. The van der Waals surface area contributed by atoms with Crippen molar-refractivity contribution in [3.05, 3.63) is 144 Å². The summed E-state index contributed by atoms with van der Waals surface area (Å²) >= 11 is 0. The van der Waals surface area contributed by atoms with Gasteiger partial charge in [0.15, 0.2) is 0 Å². The average molecular weight is 679 g/mol. The van der Waals surface area contributed by atoms with Crippen LogP contribution in [0.3, 0.4) is 0 Å². The Balaban J connectivity index is 0.000000256. The van der Waals surface area contributed by atoms with Crippen LogP contribution in [0.2, 0.25) is 0 Å². The molecule has 4 unspecified atom stereocenters. The number of carboxylic acid groups (broad SMARTS) is 2. The Morgan fingerprint density at radius 3 is 1.17 bits per heavy atom. The van der Waals surface area contributed by atoms with E-state index in [1.807, 2.05) is 60.7 Å². The summed E-state index contributed by atoms with van der Waals surface area (Å²) in [5, 5.41) is 18.7. The summed E-state index contributed by atoms with van der Waals surface area (Å²) in [4.78, 5) is 43.3. The lowest BCUT2D eigenvalue weighted by Gasteiger charge is -2.17. The number of benzene rings is 4. The van der Waals surface area contributed by atoms with Gasteiger partial charge >= 0.3 is 11.9 Å². The maximum atomic E-state index is 12.4. The van der Waals surface area contributed by atoms with Crippen LogP contribution in [0.15, 0.2) is 121 Å². The van der Waals surface area contributed by atoms with Gasteiger partial charge in [-0.15, -0.1) is 0 Å². The van der Waals surface area contributed by atoms with Crippen LogP contribution in [0.4, 0.5) is 0 Å². The van der Waals surface area contributed by atoms with E-state index in [4.69, 9.17) is 0 Å². The average Bonchev–Trinajstić information content (AvgIpc) is 3.06. The minimum Gasteiger partial charge on any atom is -0.481 e. The first-order valence-electron chi connectivity index (χ1n) is 15.7. The highest BCUT2D eigenvalue weighted by molar-refractivity contribution is 7.58. The van der Waals surface area contributed by atoms with Gasteiger partial charge in [0.05, 0.1) is 11.8 Å². The maximum Gasteiger partial charge on any atom is 0.311 e. The number of aliphatic carboxylic acids is 2. The molecule has 4 atom stereocenters. The van der Waals surface area contributed by atoms with Gasteiger partial charge in [0.25, 0.3) is 0 Å². The summed E-state index contributed by atoms with van der Waals surface area (Å²) in [5.41, 5.74) is 3.46. The highest BCUT2D eigenvalue weighted by Gasteiger charge is 2.30. The molecule has 0 radical (unpaired) electrons. The molecular weight excluding hydrogens is 634 g/mol. The maximum absolute atomic E-state index is 12.4. The van der Waals surface area contributed by atoms with Crippen LogP contribution in [-0.4, -0.2) is 56.6 Å². The fourth-order valence-electron chi connectivity index (χ4n) is 5.28. The Kier molecular flexibility index (Phi) is 15.3. The fraction of sp³-hybridized carbons (Fsp3) is 0.297. The molecular formula is C37H44O8P2. The van der Waals surface area contributed by atoms with E-state index in [-0.39, 0.29) is 24.6 Å². The molecule has 0 aliphatic rings. The third-order valence-corrected chi connectivity index (χ3v) is 11.7. The lowest BCUT2D eigenvalue weighted by molar-refractivity contribution is -0.139. The van der Waals surface area contributed by atoms with Crippen molar-refractivity contribution in [1.82, 2.24) is 0 Å². The topological polar surface area (TPSA) is 149 Å². The number of hydrogen-bond acceptors (Lipinski definition) is 4. The van der Waals surface area contributed by atoms with E-state index in [1.54, 1.807) is 60.7 Å². The Hall–Kier alpha value is -3.80. The van der Waals surface area contributed by atoms with E-state index in [0.717, 1.165) is 18.4 Å². The molecule has 0 aromatic heterocycles. The number of carbonyl (C=O) groups is 2. The molecule has 0 saturated heterocycles. The number of aryl methyl sites for hydroxylation is 2. The molecule has 4 aromatic rings. The third-order valence-electron chi connectivity index (χ3n) is 7.82. The fourth-order valence-corrected chi connectivity index (χ4v) is 8.89. The minimum atomic E-state index is -3.49. The molecule has 4 rings (SSSR count). The molecule has 0 saturated carbocycles. The zero-order chi connectivity index (χ0) is 34.1. The van der Waals surface area contributed by atoms with E-state index in [0.29, 0.717) is 30.4 Å². The van der Waals surface area contributed by atoms with Crippen molar-refractivity contribution in [2.45, 2.75) is 43.9 Å². The molecule has 0 fully saturated rings. The van der Waals surface area contributed by atoms with Crippen molar-refractivity contribution in [3.63, 3.8) is 0 Å². The summed E-state index contributed by atoms with van der Waals surface area (Å²) < 4.78 is 24.8. The second-order valence-electron chi connectivity index (χ2n) is 11.6. The summed E-state index contributed by atoms with van der Waals surface area (Å²) in [5.74, 6) is -3.99. The predicted octanol–water partition coefficient (Wildman–Crippen LogP) is 7.91. The number of carboxylic acids is 2. The normalized spacial score (nSPS) is 14.8. The molecule has 0 heterocycles. The molecule has 4 aromatic carbocycles. The van der Waals surface area contributed by atoms with Crippen molar-refractivity contribution in [1.29, 1.82) is 0 Å². The van der Waals surface area contributed by atoms with Gasteiger partial charge in [0.1, 0.15) is 0 Å². The molecule has 0 aliphatic carbocycles. The summed E-state index contributed by atoms with van der Waals surface area (Å²) in [6, 6.07) is 37.0. The second-order valence-corrected chi connectivity index (χ2v) is 16.6. The molecule has 0 spiro atoms. The molecule has 0 aliphatic heterocycles. The number of rotatable bonds is 17. The van der Waals surface area contributed by atoms with Crippen LogP contribution in [0, 0.1) is 0 Å². The summed E-state index contributed by atoms with van der Waals surface area (Å²) in [6.45, 7) is 0. The molecule has 4 N–H and O–H groups in total. The van der Waals surface area contributed by atoms with Gasteiger partial charge in [0, 0.05) is 24.6 Å². The molecule has 8 nitrogen and oxygen atoms in total. The molecule has 0 amide bonds. The van der Waals surface area contributed by atoms with Gasteiger partial charge in [0.2, 0.25) is 14.7 Å². The Morgan fingerprint density at radius 1 is 0.489 bits per heavy atom. The van der Waals surface area contributed by atoms with Gasteiger partial charge in [-0.25, -0.2) is 0 Å². The Morgan fingerprint density at radius 2 is 0.809 bits per heavy atom. The van der Waals surface area contributed by atoms with Gasteiger partial charge in [-0.1, -0.05) is 121 Å². The van der Waals surface area contributed by atoms with Crippen LogP contribution in [0.1, 0.15) is 53.4 Å². The lowest BCUT2D eigenvalue weighted by atomic mass is 10.0. The predicted molar refractivity (Wildman–Crippen MR) is 187 cm³/mol. The second kappa shape index (κ2) is 19.1. The van der Waals surface area contributed by atoms with Crippen LogP contribution >= 0.6 is 14.7 Å². The van der Waals surface area contributed by atoms with Gasteiger partial charge in [-0.3, -0.25) is 18.7 Å². The third kappa shape index (κ3) is 14.2. The highest BCUT2D eigenvalue weighted by atomic mass is 31.2. The van der Waals surface area contributed by atoms with E-state index in [9.17, 15) is 38.7 Å². The van der Waals surface area contributed by atoms with Crippen molar-refractivity contribution < 1.29 is 38.7 Å². The van der Waals surface area contributed by atoms with E-state index < -0.39 is 38.5 Å². The first-order chi connectivity index (χ1) is 22.5. The standard InChI is InChI=1S/C19H23O4P.C18H21O4P/c20-19(21)18(17-12-5-2-6-13-17)15-24(22,23)14-8-7-11-16-9-3-1-4-10-16;19-18(20)17(16-11-5-2-6-12-16)14-23(21,22)13-7-10-15-8-3-1-4-9-15/h1-6,9-10,12-13,18H,7-8,11,14-15H2,(H,20,21)(H,22,23);1-6,8-9,11-12,17H,7,10,13-14H2,(H,19,20)(H,21,22). The van der Waals surface area contributed by atoms with Crippen molar-refractivity contribution >= 4 is 26.7 Å². The smallest absolute Gasteiger partial charge is 0.311 e. The van der Waals surface area contributed by atoms with E-state index in [2.05, 4.69) is 0 Å². The quantitative estimate of drug-likeness (QED) is 0.0650. The lowest BCUT2D eigenvalue weighted by Crippen LogP contribution is -2.17. The molecule has 47 heavy (non-hydrogen) atoms. The number of hydrogen-bond donors (Lipinski definition) is 4. The van der Waals surface area contributed by atoms with E-state index in [1.165, 1.54) is 5.56 Å². The van der Waals surface area contributed by atoms with Gasteiger partial charge < -0.3 is 20.0 Å². The Bertz CT molecular complexity index is 1600. The highest BCUT2D eigenvalue weighted by Crippen LogP contribution is 2.46. The minimum absolute atomic E-state index is 0.137. The molecule has 10 heteroatoms. The van der Waals surface area contributed by atoms with Crippen LogP contribution < -0.4 is 0 Å².